The quantitative estimate of drug-likeness (QED) is 0.621. The molecule has 1 aromatic heterocycles. The number of anilines is 1. The van der Waals surface area contributed by atoms with Crippen LogP contribution in [0, 0.1) is 0 Å². The Morgan fingerprint density at radius 3 is 2.38 bits per heavy atom. The largest absolute Gasteiger partial charge is 0.476 e. The molecule has 7 heteroatoms. The van der Waals surface area contributed by atoms with Gasteiger partial charge in [-0.2, -0.15) is 0 Å². The Hall–Kier alpha value is -2.12. The summed E-state index contributed by atoms with van der Waals surface area (Å²) in [4.78, 5) is 4.36. The zero-order chi connectivity index (χ0) is 19.0. The fourth-order valence-corrected chi connectivity index (χ4v) is 3.34. The van der Waals surface area contributed by atoms with E-state index in [1.54, 1.807) is 24.3 Å². The van der Waals surface area contributed by atoms with E-state index in [0.29, 0.717) is 24.1 Å². The van der Waals surface area contributed by atoms with Gasteiger partial charge in [-0.05, 0) is 42.6 Å². The van der Waals surface area contributed by atoms with E-state index in [4.69, 9.17) is 4.74 Å². The van der Waals surface area contributed by atoms with E-state index in [1.165, 1.54) is 6.20 Å². The average molecular weight is 378 g/mol. The number of rotatable bonds is 10. The van der Waals surface area contributed by atoms with Gasteiger partial charge in [0.05, 0.1) is 16.8 Å². The van der Waals surface area contributed by atoms with E-state index in [1.807, 2.05) is 12.1 Å². The minimum absolute atomic E-state index is 0.226. The van der Waals surface area contributed by atoms with Gasteiger partial charge in [-0.1, -0.05) is 32.9 Å². The van der Waals surface area contributed by atoms with Crippen LogP contribution in [0.4, 0.5) is 5.69 Å². The molecule has 26 heavy (non-hydrogen) atoms. The van der Waals surface area contributed by atoms with Crippen LogP contribution < -0.4 is 14.8 Å². The molecule has 0 spiro atoms. The fraction of sp³-hybridized carbons (Fsp3) is 0.421. The SMILES string of the molecule is CCCNCCOc1ccc(NS(=O)(=O)c2ccc(C(C)C)cc2)cn1. The highest BCUT2D eigenvalue weighted by molar-refractivity contribution is 7.92. The molecule has 2 aromatic rings. The van der Waals surface area contributed by atoms with Crippen molar-refractivity contribution >= 4 is 15.7 Å². The topological polar surface area (TPSA) is 80.3 Å². The van der Waals surface area contributed by atoms with Crippen molar-refractivity contribution in [3.63, 3.8) is 0 Å². The number of pyridine rings is 1. The Morgan fingerprint density at radius 1 is 1.08 bits per heavy atom. The maximum absolute atomic E-state index is 12.5. The molecule has 0 radical (unpaired) electrons. The molecule has 0 fully saturated rings. The third-order valence-corrected chi connectivity index (χ3v) is 5.20. The smallest absolute Gasteiger partial charge is 0.261 e. The minimum Gasteiger partial charge on any atom is -0.476 e. The zero-order valence-corrected chi connectivity index (χ0v) is 16.3. The van der Waals surface area contributed by atoms with Crippen LogP contribution in [0.15, 0.2) is 47.5 Å². The first kappa shape index (κ1) is 20.2. The monoisotopic (exact) mass is 377 g/mol. The number of benzene rings is 1. The van der Waals surface area contributed by atoms with Crippen LogP contribution in [-0.4, -0.2) is 33.1 Å². The molecule has 0 unspecified atom stereocenters. The summed E-state index contributed by atoms with van der Waals surface area (Å²) in [6.45, 7) is 8.45. The first-order valence-electron chi connectivity index (χ1n) is 8.84. The van der Waals surface area contributed by atoms with Crippen LogP contribution in [0.3, 0.4) is 0 Å². The number of aromatic nitrogens is 1. The third kappa shape index (κ3) is 6.00. The molecule has 6 nitrogen and oxygen atoms in total. The molecule has 0 aliphatic carbocycles. The molecule has 0 aliphatic heterocycles. The second kappa shape index (κ2) is 9.54. The fourth-order valence-electron chi connectivity index (χ4n) is 2.30. The summed E-state index contributed by atoms with van der Waals surface area (Å²) in [7, 11) is -3.64. The van der Waals surface area contributed by atoms with Crippen molar-refractivity contribution in [2.24, 2.45) is 0 Å². The summed E-state index contributed by atoms with van der Waals surface area (Å²) in [5, 5.41) is 3.23. The summed E-state index contributed by atoms with van der Waals surface area (Å²) in [6.07, 6.45) is 2.53. The molecule has 0 atom stereocenters. The first-order valence-corrected chi connectivity index (χ1v) is 10.3. The minimum atomic E-state index is -3.64. The van der Waals surface area contributed by atoms with Crippen molar-refractivity contribution in [2.75, 3.05) is 24.4 Å². The number of hydrogen-bond acceptors (Lipinski definition) is 5. The van der Waals surface area contributed by atoms with Gasteiger partial charge in [0.25, 0.3) is 10.0 Å². The van der Waals surface area contributed by atoms with Gasteiger partial charge in [-0.15, -0.1) is 0 Å². The molecule has 0 bridgehead atoms. The molecule has 1 aromatic carbocycles. The highest BCUT2D eigenvalue weighted by Gasteiger charge is 2.14. The molecule has 1 heterocycles. The molecule has 2 N–H and O–H groups in total. The van der Waals surface area contributed by atoms with Crippen LogP contribution in [-0.2, 0) is 10.0 Å². The van der Waals surface area contributed by atoms with Gasteiger partial charge in [-0.25, -0.2) is 13.4 Å². The summed E-state index contributed by atoms with van der Waals surface area (Å²) in [5.74, 6) is 0.821. The Bertz CT molecular complexity index is 773. The Morgan fingerprint density at radius 2 is 1.81 bits per heavy atom. The van der Waals surface area contributed by atoms with Gasteiger partial charge in [0, 0.05) is 12.6 Å². The van der Waals surface area contributed by atoms with Crippen LogP contribution in [0.5, 0.6) is 5.88 Å². The maximum atomic E-state index is 12.5. The van der Waals surface area contributed by atoms with Crippen molar-refractivity contribution in [2.45, 2.75) is 38.0 Å². The molecule has 0 amide bonds. The van der Waals surface area contributed by atoms with Crippen LogP contribution in [0.25, 0.3) is 0 Å². The molecular weight excluding hydrogens is 350 g/mol. The molecule has 2 rings (SSSR count). The lowest BCUT2D eigenvalue weighted by Gasteiger charge is -2.11. The van der Waals surface area contributed by atoms with E-state index < -0.39 is 10.0 Å². The Balaban J connectivity index is 1.94. The van der Waals surface area contributed by atoms with Crippen molar-refractivity contribution in [1.29, 1.82) is 0 Å². The predicted molar refractivity (Wildman–Crippen MR) is 104 cm³/mol. The van der Waals surface area contributed by atoms with E-state index >= 15 is 0 Å². The second-order valence-electron chi connectivity index (χ2n) is 6.31. The van der Waals surface area contributed by atoms with E-state index in [2.05, 4.69) is 35.8 Å². The first-order chi connectivity index (χ1) is 12.4. The average Bonchev–Trinajstić information content (AvgIpc) is 2.63. The third-order valence-electron chi connectivity index (χ3n) is 3.80. The van der Waals surface area contributed by atoms with E-state index in [9.17, 15) is 8.42 Å². The van der Waals surface area contributed by atoms with Crippen molar-refractivity contribution in [1.82, 2.24) is 10.3 Å². The Labute approximate surface area is 156 Å². The standard InChI is InChI=1S/C19H27N3O3S/c1-4-11-20-12-13-25-19-10-7-17(14-21-19)22-26(23,24)18-8-5-16(6-9-18)15(2)3/h5-10,14-15,20,22H,4,11-13H2,1-3H3. The summed E-state index contributed by atoms with van der Waals surface area (Å²) in [5.41, 5.74) is 1.50. The zero-order valence-electron chi connectivity index (χ0n) is 15.5. The summed E-state index contributed by atoms with van der Waals surface area (Å²) >= 11 is 0. The number of nitrogens with one attached hydrogen (secondary N) is 2. The number of sulfonamides is 1. The Kier molecular flexibility index (Phi) is 7.41. The second-order valence-corrected chi connectivity index (χ2v) is 8.00. The molecule has 142 valence electrons. The van der Waals surface area contributed by atoms with Gasteiger partial charge in [-0.3, -0.25) is 4.72 Å². The number of nitrogens with zero attached hydrogens (tertiary/aromatic N) is 1. The van der Waals surface area contributed by atoms with E-state index in [-0.39, 0.29) is 4.90 Å². The molecule has 0 saturated carbocycles. The predicted octanol–water partition coefficient (Wildman–Crippen LogP) is 3.38. The van der Waals surface area contributed by atoms with Crippen molar-refractivity contribution < 1.29 is 13.2 Å². The van der Waals surface area contributed by atoms with Crippen LogP contribution >= 0.6 is 0 Å². The maximum Gasteiger partial charge on any atom is 0.261 e. The lowest BCUT2D eigenvalue weighted by molar-refractivity contribution is 0.303. The van der Waals surface area contributed by atoms with Gasteiger partial charge in [0.1, 0.15) is 6.61 Å². The highest BCUT2D eigenvalue weighted by atomic mass is 32.2. The van der Waals surface area contributed by atoms with Crippen LogP contribution in [0.1, 0.15) is 38.7 Å². The van der Waals surface area contributed by atoms with E-state index in [0.717, 1.165) is 25.1 Å². The highest BCUT2D eigenvalue weighted by Crippen LogP contribution is 2.20. The van der Waals surface area contributed by atoms with Gasteiger partial charge in [0.2, 0.25) is 5.88 Å². The van der Waals surface area contributed by atoms with Gasteiger partial charge < -0.3 is 10.1 Å². The number of ether oxygens (including phenoxy) is 1. The van der Waals surface area contributed by atoms with Crippen LogP contribution in [0.2, 0.25) is 0 Å². The van der Waals surface area contributed by atoms with Gasteiger partial charge in [0.15, 0.2) is 0 Å². The number of hydrogen-bond donors (Lipinski definition) is 2. The molecular formula is C19H27N3O3S. The van der Waals surface area contributed by atoms with Crippen molar-refractivity contribution in [3.05, 3.63) is 48.2 Å². The summed E-state index contributed by atoms with van der Waals surface area (Å²) < 4.78 is 33.0. The molecule has 0 aliphatic rings. The lowest BCUT2D eigenvalue weighted by Crippen LogP contribution is -2.21. The molecule has 0 saturated heterocycles. The summed E-state index contributed by atoms with van der Waals surface area (Å²) in [6, 6.07) is 10.2. The lowest BCUT2D eigenvalue weighted by atomic mass is 10.0. The van der Waals surface area contributed by atoms with Gasteiger partial charge >= 0.3 is 0 Å². The normalized spacial score (nSPS) is 11.5. The van der Waals surface area contributed by atoms with Crippen molar-refractivity contribution in [3.8, 4) is 5.88 Å².